The van der Waals surface area contributed by atoms with Crippen molar-refractivity contribution in [1.29, 1.82) is 0 Å². The van der Waals surface area contributed by atoms with E-state index in [1.54, 1.807) is 19.1 Å². The fourth-order valence-corrected chi connectivity index (χ4v) is 2.24. The first kappa shape index (κ1) is 13.9. The van der Waals surface area contributed by atoms with Crippen molar-refractivity contribution in [2.75, 3.05) is 16.4 Å². The van der Waals surface area contributed by atoms with Crippen molar-refractivity contribution >= 4 is 39.9 Å². The third kappa shape index (κ3) is 3.09. The molecule has 0 unspecified atom stereocenters. The van der Waals surface area contributed by atoms with Gasteiger partial charge in [-0.15, -0.1) is 0 Å². The van der Waals surface area contributed by atoms with Crippen LogP contribution in [0.25, 0.3) is 0 Å². The summed E-state index contributed by atoms with van der Waals surface area (Å²) in [6.45, 7) is 3.12. The third-order valence-corrected chi connectivity index (χ3v) is 3.21. The Kier molecular flexibility index (Phi) is 3.94. The summed E-state index contributed by atoms with van der Waals surface area (Å²) in [5.41, 5.74) is 7.18. The molecule has 20 heavy (non-hydrogen) atoms. The van der Waals surface area contributed by atoms with Crippen molar-refractivity contribution < 1.29 is 9.59 Å². The van der Waals surface area contributed by atoms with Crippen molar-refractivity contribution in [2.45, 2.75) is 13.8 Å². The summed E-state index contributed by atoms with van der Waals surface area (Å²) in [5.74, 6) is -0.117. The maximum atomic E-state index is 12.1. The second-order valence-electron chi connectivity index (χ2n) is 4.07. The number of anilines is 3. The van der Waals surface area contributed by atoms with Crippen molar-refractivity contribution in [3.8, 4) is 0 Å². The first-order valence-electron chi connectivity index (χ1n) is 5.74. The number of aromatic nitrogens is 2. The lowest BCUT2D eigenvalue weighted by atomic mass is 10.2. The van der Waals surface area contributed by atoms with E-state index in [1.807, 2.05) is 0 Å². The number of hydrogen-bond donors (Lipinski definition) is 3. The van der Waals surface area contributed by atoms with Gasteiger partial charge in [0.25, 0.3) is 5.91 Å². The molecule has 0 aliphatic carbocycles. The van der Waals surface area contributed by atoms with Gasteiger partial charge >= 0.3 is 0 Å². The molecule has 104 valence electrons. The summed E-state index contributed by atoms with van der Waals surface area (Å²) in [5, 5.41) is 5.60. The molecule has 0 aliphatic heterocycles. The highest BCUT2D eigenvalue weighted by atomic mass is 32.1. The summed E-state index contributed by atoms with van der Waals surface area (Å²) in [7, 11) is 0. The Morgan fingerprint density at radius 2 is 2.05 bits per heavy atom. The van der Waals surface area contributed by atoms with Crippen LogP contribution in [0.1, 0.15) is 23.0 Å². The number of carbonyl (C=O) groups is 2. The lowest BCUT2D eigenvalue weighted by molar-refractivity contribution is -0.114. The Morgan fingerprint density at radius 3 is 2.55 bits per heavy atom. The second kappa shape index (κ2) is 5.66. The first-order valence-corrected chi connectivity index (χ1v) is 6.51. The molecule has 0 radical (unpaired) electrons. The molecule has 4 N–H and O–H groups in total. The summed E-state index contributed by atoms with van der Waals surface area (Å²) >= 11 is 1.08. The second-order valence-corrected chi connectivity index (χ2v) is 4.88. The van der Waals surface area contributed by atoms with E-state index in [0.29, 0.717) is 27.8 Å². The zero-order valence-corrected chi connectivity index (χ0v) is 11.7. The van der Waals surface area contributed by atoms with Gasteiger partial charge < -0.3 is 16.4 Å². The van der Waals surface area contributed by atoms with Gasteiger partial charge in [-0.2, -0.15) is 4.37 Å². The highest BCUT2D eigenvalue weighted by molar-refractivity contribution is 7.10. The van der Waals surface area contributed by atoms with Crippen LogP contribution in [0.5, 0.6) is 0 Å². The summed E-state index contributed by atoms with van der Waals surface area (Å²) in [6, 6.07) is 3.24. The number of carbonyl (C=O) groups excluding carboxylic acids is 2. The first-order chi connectivity index (χ1) is 9.47. The van der Waals surface area contributed by atoms with E-state index in [4.69, 9.17) is 5.73 Å². The van der Waals surface area contributed by atoms with Crippen molar-refractivity contribution in [1.82, 2.24) is 9.36 Å². The van der Waals surface area contributed by atoms with Crippen molar-refractivity contribution in [2.24, 2.45) is 0 Å². The van der Waals surface area contributed by atoms with E-state index >= 15 is 0 Å². The van der Waals surface area contributed by atoms with Gasteiger partial charge in [0.1, 0.15) is 10.8 Å². The van der Waals surface area contributed by atoms with Crippen LogP contribution < -0.4 is 16.4 Å². The highest BCUT2D eigenvalue weighted by Crippen LogP contribution is 2.22. The smallest absolute Gasteiger partial charge is 0.260 e. The molecule has 2 rings (SSSR count). The van der Waals surface area contributed by atoms with Crippen molar-refractivity contribution in [3.05, 3.63) is 29.6 Å². The highest BCUT2D eigenvalue weighted by Gasteiger charge is 2.16. The molecular weight excluding hydrogens is 278 g/mol. The predicted octanol–water partition coefficient (Wildman–Crippen LogP) is 1.64. The number of hydrogen-bond acceptors (Lipinski definition) is 6. The molecule has 7 nitrogen and oxygen atoms in total. The Labute approximate surface area is 119 Å². The van der Waals surface area contributed by atoms with E-state index in [1.165, 1.54) is 13.1 Å². The Bertz CT molecular complexity index is 631. The molecule has 0 aromatic carbocycles. The van der Waals surface area contributed by atoms with Crippen LogP contribution in [-0.4, -0.2) is 21.2 Å². The quantitative estimate of drug-likeness (QED) is 0.796. The number of aryl methyl sites for hydroxylation is 1. The van der Waals surface area contributed by atoms with Crippen molar-refractivity contribution in [3.63, 3.8) is 0 Å². The van der Waals surface area contributed by atoms with Crippen LogP contribution in [0, 0.1) is 6.92 Å². The minimum atomic E-state index is -0.331. The lowest BCUT2D eigenvalue weighted by Gasteiger charge is -2.06. The SMILES string of the molecule is CC(=O)Nc1ccc(NC(=O)c2c(C)nsc2N)cn1. The van der Waals surface area contributed by atoms with Gasteiger partial charge in [0, 0.05) is 6.92 Å². The molecule has 0 fully saturated rings. The third-order valence-electron chi connectivity index (χ3n) is 2.44. The molecule has 2 aromatic rings. The number of rotatable bonds is 3. The van der Waals surface area contributed by atoms with E-state index in [2.05, 4.69) is 20.0 Å². The average molecular weight is 291 g/mol. The van der Waals surface area contributed by atoms with E-state index < -0.39 is 0 Å². The van der Waals surface area contributed by atoms with Gasteiger partial charge in [0.2, 0.25) is 5.91 Å². The minimum absolute atomic E-state index is 0.206. The maximum absolute atomic E-state index is 12.1. The van der Waals surface area contributed by atoms with E-state index in [0.717, 1.165) is 11.5 Å². The van der Waals surface area contributed by atoms with Crippen LogP contribution in [-0.2, 0) is 4.79 Å². The zero-order chi connectivity index (χ0) is 14.7. The van der Waals surface area contributed by atoms with E-state index in [9.17, 15) is 9.59 Å². The topological polar surface area (TPSA) is 110 Å². The van der Waals surface area contributed by atoms with Crippen LogP contribution >= 0.6 is 11.5 Å². The molecule has 0 bridgehead atoms. The molecule has 2 aromatic heterocycles. The lowest BCUT2D eigenvalue weighted by Crippen LogP contribution is -2.14. The number of amides is 2. The molecule has 0 saturated heterocycles. The molecule has 2 amide bonds. The largest absolute Gasteiger partial charge is 0.389 e. The Hall–Kier alpha value is -2.48. The maximum Gasteiger partial charge on any atom is 0.260 e. The Morgan fingerprint density at radius 1 is 1.30 bits per heavy atom. The number of nitrogens with two attached hydrogens (primary N) is 1. The normalized spacial score (nSPS) is 10.1. The van der Waals surface area contributed by atoms with Gasteiger partial charge in [-0.3, -0.25) is 9.59 Å². The fourth-order valence-electron chi connectivity index (χ4n) is 1.58. The fraction of sp³-hybridized carbons (Fsp3) is 0.167. The summed E-state index contributed by atoms with van der Waals surface area (Å²) in [6.07, 6.45) is 1.45. The monoisotopic (exact) mass is 291 g/mol. The Balaban J connectivity index is 2.10. The van der Waals surface area contributed by atoms with Gasteiger partial charge in [0.15, 0.2) is 0 Å². The summed E-state index contributed by atoms with van der Waals surface area (Å²) < 4.78 is 4.02. The number of pyridine rings is 1. The van der Waals surface area contributed by atoms with Crippen LogP contribution in [0.2, 0.25) is 0 Å². The van der Waals surface area contributed by atoms with Crippen LogP contribution in [0.15, 0.2) is 18.3 Å². The molecule has 2 heterocycles. The van der Waals surface area contributed by atoms with Crippen LogP contribution in [0.4, 0.5) is 16.5 Å². The molecular formula is C12H13N5O2S. The van der Waals surface area contributed by atoms with Gasteiger partial charge in [-0.1, -0.05) is 0 Å². The van der Waals surface area contributed by atoms with E-state index in [-0.39, 0.29) is 11.8 Å². The summed E-state index contributed by atoms with van der Waals surface area (Å²) in [4.78, 5) is 26.9. The van der Waals surface area contributed by atoms with Gasteiger partial charge in [-0.25, -0.2) is 4.98 Å². The van der Waals surface area contributed by atoms with Crippen LogP contribution in [0.3, 0.4) is 0 Å². The standard InChI is InChI=1S/C12H13N5O2S/c1-6-10(11(13)20-17-6)12(19)16-8-3-4-9(14-5-8)15-7(2)18/h3-5H,13H2,1-2H3,(H,16,19)(H,14,15,18). The molecule has 0 aliphatic rings. The van der Waals surface area contributed by atoms with Gasteiger partial charge in [0.05, 0.1) is 23.1 Å². The zero-order valence-electron chi connectivity index (χ0n) is 10.9. The predicted molar refractivity (Wildman–Crippen MR) is 77.8 cm³/mol. The number of nitrogens with zero attached hydrogens (tertiary/aromatic N) is 2. The number of nitrogens with one attached hydrogen (secondary N) is 2. The minimum Gasteiger partial charge on any atom is -0.389 e. The molecule has 0 spiro atoms. The molecule has 8 heteroatoms. The van der Waals surface area contributed by atoms with Gasteiger partial charge in [-0.05, 0) is 30.6 Å². The molecule has 0 atom stereocenters. The molecule has 0 saturated carbocycles. The number of nitrogen functional groups attached to an aromatic ring is 1. The average Bonchev–Trinajstić information content (AvgIpc) is 2.71.